The number of carboxylic acids is 1. The van der Waals surface area contributed by atoms with Crippen molar-refractivity contribution >= 4 is 11.5 Å². The summed E-state index contributed by atoms with van der Waals surface area (Å²) in [5, 5.41) is 19.5. The SMILES string of the molecule is CC(CC(=COCC(F)F)c1ccc(F)cc1)=C(O)Cc1cccc(C(=O)O)c1. The van der Waals surface area contributed by atoms with Crippen molar-refractivity contribution in [1.29, 1.82) is 0 Å². The minimum absolute atomic E-state index is 0.0226. The third kappa shape index (κ3) is 7.03. The van der Waals surface area contributed by atoms with E-state index in [1.807, 2.05) is 0 Å². The van der Waals surface area contributed by atoms with E-state index in [9.17, 15) is 23.1 Å². The molecule has 0 aliphatic rings. The third-order valence-electron chi connectivity index (χ3n) is 4.16. The van der Waals surface area contributed by atoms with Gasteiger partial charge in [0.25, 0.3) is 6.43 Å². The fourth-order valence-electron chi connectivity index (χ4n) is 2.64. The van der Waals surface area contributed by atoms with Crippen LogP contribution in [0, 0.1) is 5.82 Å². The van der Waals surface area contributed by atoms with Crippen LogP contribution in [0.3, 0.4) is 0 Å². The summed E-state index contributed by atoms with van der Waals surface area (Å²) in [6.45, 7) is 0.891. The molecule has 2 N–H and O–H groups in total. The summed E-state index contributed by atoms with van der Waals surface area (Å²) >= 11 is 0. The van der Waals surface area contributed by atoms with Crippen molar-refractivity contribution in [1.82, 2.24) is 0 Å². The number of halogens is 3. The smallest absolute Gasteiger partial charge is 0.335 e. The summed E-state index contributed by atoms with van der Waals surface area (Å²) in [5.74, 6) is -1.48. The fraction of sp³-hybridized carbons (Fsp3) is 0.227. The van der Waals surface area contributed by atoms with Gasteiger partial charge in [-0.15, -0.1) is 0 Å². The second-order valence-corrected chi connectivity index (χ2v) is 6.46. The number of allylic oxidation sites excluding steroid dienone is 3. The van der Waals surface area contributed by atoms with Crippen molar-refractivity contribution in [2.24, 2.45) is 0 Å². The molecule has 0 fully saturated rings. The van der Waals surface area contributed by atoms with Crippen LogP contribution in [0.15, 0.2) is 66.1 Å². The first kappa shape index (κ1) is 22.1. The lowest BCUT2D eigenvalue weighted by molar-refractivity contribution is 0.0605. The first-order chi connectivity index (χ1) is 13.8. The van der Waals surface area contributed by atoms with E-state index in [-0.39, 0.29) is 24.2 Å². The Bertz CT molecular complexity index is 903. The molecule has 0 saturated heterocycles. The molecule has 2 aromatic rings. The number of alkyl halides is 2. The Hall–Kier alpha value is -3.22. The van der Waals surface area contributed by atoms with Gasteiger partial charge < -0.3 is 14.9 Å². The molecule has 0 heterocycles. The van der Waals surface area contributed by atoms with E-state index >= 15 is 0 Å². The van der Waals surface area contributed by atoms with Crippen LogP contribution in [-0.2, 0) is 11.2 Å². The lowest BCUT2D eigenvalue weighted by Gasteiger charge is -2.12. The highest BCUT2D eigenvalue weighted by atomic mass is 19.3. The standard InChI is InChI=1S/C22H21F3O4/c1-14(20(26)11-15-3-2-4-17(10-15)22(27)28)9-18(12-29-13-21(24)25)16-5-7-19(23)8-6-16/h2-8,10,12,21,26H,9,11,13H2,1H3,(H,27,28). The van der Waals surface area contributed by atoms with Crippen molar-refractivity contribution < 1.29 is 32.9 Å². The number of carbonyl (C=O) groups is 1. The normalized spacial score (nSPS) is 12.7. The molecule has 2 aromatic carbocycles. The maximum atomic E-state index is 13.2. The molecule has 29 heavy (non-hydrogen) atoms. The highest BCUT2D eigenvalue weighted by Gasteiger charge is 2.11. The number of hydrogen-bond acceptors (Lipinski definition) is 3. The predicted molar refractivity (Wildman–Crippen MR) is 103 cm³/mol. The molecule has 0 atom stereocenters. The average molecular weight is 406 g/mol. The Balaban J connectivity index is 2.22. The number of carboxylic acid groups (broad SMARTS) is 1. The summed E-state index contributed by atoms with van der Waals surface area (Å²) in [5.41, 5.74) is 2.33. The van der Waals surface area contributed by atoms with E-state index in [2.05, 4.69) is 0 Å². The van der Waals surface area contributed by atoms with E-state index in [4.69, 9.17) is 9.84 Å². The fourth-order valence-corrected chi connectivity index (χ4v) is 2.64. The van der Waals surface area contributed by atoms with Crippen molar-refractivity contribution in [3.63, 3.8) is 0 Å². The van der Waals surface area contributed by atoms with Gasteiger partial charge in [0.2, 0.25) is 0 Å². The Morgan fingerprint density at radius 1 is 1.10 bits per heavy atom. The lowest BCUT2D eigenvalue weighted by Crippen LogP contribution is -2.02. The molecule has 7 heteroatoms. The molecule has 0 amide bonds. The van der Waals surface area contributed by atoms with E-state index in [0.29, 0.717) is 22.3 Å². The van der Waals surface area contributed by atoms with Crippen molar-refractivity contribution in [3.05, 3.63) is 88.6 Å². The minimum atomic E-state index is -2.63. The summed E-state index contributed by atoms with van der Waals surface area (Å²) in [6.07, 6.45) is -1.16. The van der Waals surface area contributed by atoms with Crippen molar-refractivity contribution in [3.8, 4) is 0 Å². The molecule has 0 unspecified atom stereocenters. The molecule has 0 spiro atoms. The van der Waals surface area contributed by atoms with E-state index in [0.717, 1.165) is 0 Å². The first-order valence-electron chi connectivity index (χ1n) is 8.81. The van der Waals surface area contributed by atoms with Crippen LogP contribution in [0.1, 0.15) is 34.8 Å². The van der Waals surface area contributed by atoms with Crippen LogP contribution in [0.2, 0.25) is 0 Å². The van der Waals surface area contributed by atoms with Gasteiger partial charge in [-0.1, -0.05) is 24.3 Å². The largest absolute Gasteiger partial charge is 0.512 e. The van der Waals surface area contributed by atoms with Gasteiger partial charge >= 0.3 is 5.97 Å². The molecule has 0 saturated carbocycles. The van der Waals surface area contributed by atoms with Crippen LogP contribution >= 0.6 is 0 Å². The van der Waals surface area contributed by atoms with Crippen molar-refractivity contribution in [2.75, 3.05) is 6.61 Å². The highest BCUT2D eigenvalue weighted by molar-refractivity contribution is 5.87. The second-order valence-electron chi connectivity index (χ2n) is 6.46. The van der Waals surface area contributed by atoms with Crippen molar-refractivity contribution in [2.45, 2.75) is 26.2 Å². The van der Waals surface area contributed by atoms with Crippen LogP contribution in [0.4, 0.5) is 13.2 Å². The Kier molecular flexibility index (Phi) is 7.88. The molecule has 0 aliphatic carbocycles. The summed E-state index contributed by atoms with van der Waals surface area (Å²) in [4.78, 5) is 11.1. The molecular formula is C22H21F3O4. The Morgan fingerprint density at radius 2 is 1.79 bits per heavy atom. The predicted octanol–water partition coefficient (Wildman–Crippen LogP) is 5.61. The number of hydrogen-bond donors (Lipinski definition) is 2. The summed E-state index contributed by atoms with van der Waals surface area (Å²) in [7, 11) is 0. The van der Waals surface area contributed by atoms with E-state index in [1.54, 1.807) is 19.1 Å². The zero-order chi connectivity index (χ0) is 21.4. The van der Waals surface area contributed by atoms with Gasteiger partial charge in [-0.25, -0.2) is 18.0 Å². The number of aliphatic hydroxyl groups excluding tert-OH is 1. The first-order valence-corrected chi connectivity index (χ1v) is 8.81. The Labute approximate surface area is 166 Å². The van der Waals surface area contributed by atoms with E-state index < -0.39 is 24.8 Å². The average Bonchev–Trinajstić information content (AvgIpc) is 2.67. The summed E-state index contributed by atoms with van der Waals surface area (Å²) < 4.78 is 42.8. The van der Waals surface area contributed by atoms with Crippen LogP contribution in [0.5, 0.6) is 0 Å². The molecule has 0 aliphatic heterocycles. The lowest BCUT2D eigenvalue weighted by atomic mass is 9.97. The molecule has 0 bridgehead atoms. The van der Waals surface area contributed by atoms with Gasteiger partial charge in [0.05, 0.1) is 17.6 Å². The van der Waals surface area contributed by atoms with Gasteiger partial charge in [0.15, 0.2) is 0 Å². The molecule has 0 radical (unpaired) electrons. The number of benzene rings is 2. The van der Waals surface area contributed by atoms with Crippen LogP contribution in [0.25, 0.3) is 5.57 Å². The highest BCUT2D eigenvalue weighted by Crippen LogP contribution is 2.25. The maximum Gasteiger partial charge on any atom is 0.335 e. The maximum absolute atomic E-state index is 13.2. The zero-order valence-corrected chi connectivity index (χ0v) is 15.7. The monoisotopic (exact) mass is 406 g/mol. The van der Waals surface area contributed by atoms with Crippen LogP contribution < -0.4 is 0 Å². The third-order valence-corrected chi connectivity index (χ3v) is 4.16. The topological polar surface area (TPSA) is 66.8 Å². The molecular weight excluding hydrogens is 385 g/mol. The zero-order valence-electron chi connectivity index (χ0n) is 15.7. The second kappa shape index (κ2) is 10.4. The van der Waals surface area contributed by atoms with Gasteiger partial charge in [-0.05, 0) is 53.5 Å². The minimum Gasteiger partial charge on any atom is -0.512 e. The molecule has 154 valence electrons. The van der Waals surface area contributed by atoms with Gasteiger partial charge in [0.1, 0.15) is 12.4 Å². The number of aromatic carboxylic acids is 1. The van der Waals surface area contributed by atoms with Gasteiger partial charge in [0, 0.05) is 12.8 Å². The van der Waals surface area contributed by atoms with Crippen LogP contribution in [-0.4, -0.2) is 29.2 Å². The molecule has 0 aromatic heterocycles. The number of rotatable bonds is 9. The summed E-state index contributed by atoms with van der Waals surface area (Å²) in [6, 6.07) is 11.7. The van der Waals surface area contributed by atoms with Gasteiger partial charge in [-0.3, -0.25) is 0 Å². The Morgan fingerprint density at radius 3 is 2.41 bits per heavy atom. The molecule has 2 rings (SSSR count). The quantitative estimate of drug-likeness (QED) is 0.531. The number of ether oxygens (including phenoxy) is 1. The molecule has 4 nitrogen and oxygen atoms in total. The van der Waals surface area contributed by atoms with Gasteiger partial charge in [-0.2, -0.15) is 0 Å². The number of aliphatic hydroxyl groups is 1. The van der Waals surface area contributed by atoms with E-state index in [1.165, 1.54) is 42.7 Å².